The van der Waals surface area contributed by atoms with Gasteiger partial charge in [0.25, 0.3) is 0 Å². The third kappa shape index (κ3) is 6.62. The Morgan fingerprint density at radius 2 is 1.64 bits per heavy atom. The van der Waals surface area contributed by atoms with E-state index in [2.05, 4.69) is 0 Å². The molecule has 8 rings (SSSR count). The summed E-state index contributed by atoms with van der Waals surface area (Å²) in [6, 6.07) is 6.86. The molecule has 6 aliphatic rings. The molecule has 5 heterocycles. The summed E-state index contributed by atoms with van der Waals surface area (Å²) in [5.74, 6) is -2.17. The van der Waals surface area contributed by atoms with E-state index in [4.69, 9.17) is 61.6 Å². The third-order valence-electron chi connectivity index (χ3n) is 10.4. The van der Waals surface area contributed by atoms with Crippen molar-refractivity contribution in [2.45, 2.75) is 81.7 Å². The summed E-state index contributed by atoms with van der Waals surface area (Å²) in [5.41, 5.74) is 1.84. The Balaban J connectivity index is 1.12. The lowest BCUT2D eigenvalue weighted by atomic mass is 9.66. The van der Waals surface area contributed by atoms with E-state index in [0.717, 1.165) is 0 Å². The SMILES string of the molecule is COc1cc([C@@H]2c3cc4c(cc3C(OC3OC5COC(C)OC5C(O)C3O)C3COC(=O)C32)OCO4)cc(OC)c1OC(=O)OCC1COC(C)(C)O1. The number of fused-ring (bicyclic) bond motifs is 4. The van der Waals surface area contributed by atoms with Crippen LogP contribution in [0.3, 0.4) is 0 Å². The molecule has 0 bridgehead atoms. The highest BCUT2D eigenvalue weighted by Crippen LogP contribution is 2.57. The van der Waals surface area contributed by atoms with Gasteiger partial charge in [0.1, 0.15) is 37.1 Å². The van der Waals surface area contributed by atoms with Crippen LogP contribution >= 0.6 is 0 Å². The number of ether oxygens (including phenoxy) is 13. The number of benzene rings is 2. The maximum absolute atomic E-state index is 13.7. The van der Waals surface area contributed by atoms with Crippen LogP contribution in [-0.4, -0.2) is 119 Å². The highest BCUT2D eigenvalue weighted by molar-refractivity contribution is 5.79. The molecule has 4 saturated heterocycles. The van der Waals surface area contributed by atoms with E-state index in [9.17, 15) is 19.8 Å². The number of carbonyl (C=O) groups excluding carboxylic acids is 2. The Bertz CT molecular complexity index is 1700. The molecular weight excluding hydrogens is 704 g/mol. The van der Waals surface area contributed by atoms with Gasteiger partial charge in [-0.05, 0) is 61.7 Å². The quantitative estimate of drug-likeness (QED) is 0.295. The average molecular weight is 747 g/mol. The molecule has 10 unspecified atom stereocenters. The number of hydrogen-bond donors (Lipinski definition) is 2. The van der Waals surface area contributed by atoms with Gasteiger partial charge in [-0.2, -0.15) is 0 Å². The maximum Gasteiger partial charge on any atom is 0.514 e. The minimum Gasteiger partial charge on any atom is -0.493 e. The average Bonchev–Trinajstić information content (AvgIpc) is 3.86. The van der Waals surface area contributed by atoms with Crippen molar-refractivity contribution in [3.63, 3.8) is 0 Å². The van der Waals surface area contributed by atoms with Gasteiger partial charge in [0, 0.05) is 11.8 Å². The molecule has 2 N–H and O–H groups in total. The maximum atomic E-state index is 13.7. The number of esters is 1. The van der Waals surface area contributed by atoms with Crippen molar-refractivity contribution in [3.8, 4) is 28.7 Å². The molecule has 0 saturated carbocycles. The van der Waals surface area contributed by atoms with Gasteiger partial charge in [0.15, 0.2) is 41.4 Å². The second-order valence-corrected chi connectivity index (χ2v) is 14.1. The molecule has 17 heteroatoms. The molecule has 0 aromatic heterocycles. The summed E-state index contributed by atoms with van der Waals surface area (Å²) in [6.45, 7) is 5.48. The van der Waals surface area contributed by atoms with Gasteiger partial charge in [-0.25, -0.2) is 4.79 Å². The van der Waals surface area contributed by atoms with Crippen LogP contribution in [0.2, 0.25) is 0 Å². The van der Waals surface area contributed by atoms with Gasteiger partial charge in [-0.1, -0.05) is 0 Å². The molecule has 2 aromatic carbocycles. The second kappa shape index (κ2) is 14.0. The van der Waals surface area contributed by atoms with E-state index >= 15 is 0 Å². The Labute approximate surface area is 304 Å². The number of methoxy groups -OCH3 is 2. The van der Waals surface area contributed by atoms with Gasteiger partial charge in [-0.15, -0.1) is 0 Å². The normalized spacial score (nSPS) is 35.1. The fraction of sp³-hybridized carbons (Fsp3) is 0.611. The number of aliphatic hydroxyl groups excluding tert-OH is 2. The predicted molar refractivity (Wildman–Crippen MR) is 174 cm³/mol. The highest BCUT2D eigenvalue weighted by Gasteiger charge is 2.56. The van der Waals surface area contributed by atoms with Crippen molar-refractivity contribution in [2.24, 2.45) is 11.8 Å². The number of carbonyl (C=O) groups is 2. The minimum absolute atomic E-state index is 0.00601. The summed E-state index contributed by atoms with van der Waals surface area (Å²) in [7, 11) is 2.81. The lowest BCUT2D eigenvalue weighted by Crippen LogP contribution is -2.63. The van der Waals surface area contributed by atoms with Gasteiger partial charge in [-0.3, -0.25) is 4.79 Å². The molecule has 0 amide bonds. The fourth-order valence-corrected chi connectivity index (χ4v) is 7.94. The van der Waals surface area contributed by atoms with E-state index in [1.54, 1.807) is 45.0 Å². The first kappa shape index (κ1) is 36.1. The Hall–Kier alpha value is -3.94. The number of cyclic esters (lactones) is 1. The summed E-state index contributed by atoms with van der Waals surface area (Å²) in [6.07, 6.45) is -8.57. The van der Waals surface area contributed by atoms with Crippen LogP contribution in [0.15, 0.2) is 24.3 Å². The lowest BCUT2D eigenvalue weighted by Gasteiger charge is -2.47. The van der Waals surface area contributed by atoms with E-state index in [1.807, 2.05) is 0 Å². The Morgan fingerprint density at radius 1 is 0.925 bits per heavy atom. The standard InChI is InChI=1S/C36H42O17/c1-15-43-13-25-32(49-15)28(37)29(38)34(50-25)51-30-19-9-22-21(46-14-47-22)8-18(19)26(27-20(30)12-44-33(27)39)16-6-23(41-4)31(24(7-16)42-5)52-35(40)45-10-17-11-48-36(2,3)53-17/h6-9,15,17,20,25-30,32,34,37-38H,10-14H2,1-5H3/t15?,17?,20?,25?,26-,27?,28?,29?,30?,32?,34?/m1/s1. The molecule has 17 nitrogen and oxygen atoms in total. The van der Waals surface area contributed by atoms with E-state index < -0.39 is 84.9 Å². The molecule has 0 spiro atoms. The van der Waals surface area contributed by atoms with Gasteiger partial charge >= 0.3 is 12.1 Å². The topological polar surface area (TPSA) is 195 Å². The largest absolute Gasteiger partial charge is 0.514 e. The predicted octanol–water partition coefficient (Wildman–Crippen LogP) is 2.30. The molecule has 53 heavy (non-hydrogen) atoms. The molecule has 2 aromatic rings. The van der Waals surface area contributed by atoms with Crippen LogP contribution in [0, 0.1) is 11.8 Å². The van der Waals surface area contributed by atoms with Gasteiger partial charge in [0.2, 0.25) is 12.5 Å². The van der Waals surface area contributed by atoms with Gasteiger partial charge in [0.05, 0.1) is 46.1 Å². The number of aliphatic hydroxyl groups is 2. The van der Waals surface area contributed by atoms with Crippen molar-refractivity contribution in [3.05, 3.63) is 41.0 Å². The zero-order valence-corrected chi connectivity index (χ0v) is 29.7. The molecule has 11 atom stereocenters. The van der Waals surface area contributed by atoms with Crippen molar-refractivity contribution in [1.29, 1.82) is 0 Å². The minimum atomic E-state index is -1.48. The van der Waals surface area contributed by atoms with Crippen molar-refractivity contribution in [1.82, 2.24) is 0 Å². The summed E-state index contributed by atoms with van der Waals surface area (Å²) >= 11 is 0. The summed E-state index contributed by atoms with van der Waals surface area (Å²) in [4.78, 5) is 26.5. The first-order valence-corrected chi connectivity index (χ1v) is 17.4. The van der Waals surface area contributed by atoms with Gasteiger partial charge < -0.3 is 71.8 Å². The Morgan fingerprint density at radius 3 is 2.32 bits per heavy atom. The summed E-state index contributed by atoms with van der Waals surface area (Å²) < 4.78 is 74.6. The molecule has 5 aliphatic heterocycles. The van der Waals surface area contributed by atoms with E-state index in [-0.39, 0.29) is 50.5 Å². The zero-order chi connectivity index (χ0) is 37.2. The second-order valence-electron chi connectivity index (χ2n) is 14.1. The van der Waals surface area contributed by atoms with Crippen molar-refractivity contribution >= 4 is 12.1 Å². The third-order valence-corrected chi connectivity index (χ3v) is 10.4. The van der Waals surface area contributed by atoms with E-state index in [0.29, 0.717) is 28.2 Å². The Kier molecular flexibility index (Phi) is 9.55. The van der Waals surface area contributed by atoms with E-state index in [1.165, 1.54) is 14.2 Å². The smallest absolute Gasteiger partial charge is 0.493 e. The number of rotatable bonds is 8. The van der Waals surface area contributed by atoms with Crippen LogP contribution in [0.1, 0.15) is 49.5 Å². The van der Waals surface area contributed by atoms with Crippen molar-refractivity contribution < 1.29 is 81.4 Å². The molecule has 288 valence electrons. The highest BCUT2D eigenvalue weighted by atomic mass is 16.8. The van der Waals surface area contributed by atoms with Crippen LogP contribution in [0.4, 0.5) is 4.79 Å². The first-order chi connectivity index (χ1) is 25.4. The zero-order valence-electron chi connectivity index (χ0n) is 29.7. The van der Waals surface area contributed by atoms with Crippen LogP contribution in [0.25, 0.3) is 0 Å². The van der Waals surface area contributed by atoms with Crippen LogP contribution in [-0.2, 0) is 42.7 Å². The molecule has 1 aliphatic carbocycles. The molecule has 0 radical (unpaired) electrons. The van der Waals surface area contributed by atoms with Crippen molar-refractivity contribution in [2.75, 3.05) is 47.4 Å². The fourth-order valence-electron chi connectivity index (χ4n) is 7.94. The van der Waals surface area contributed by atoms with Crippen LogP contribution < -0.4 is 23.7 Å². The lowest BCUT2D eigenvalue weighted by molar-refractivity contribution is -0.364. The number of hydrogen-bond acceptors (Lipinski definition) is 17. The molecular formula is C36H42O17. The first-order valence-electron chi connectivity index (χ1n) is 17.4. The molecule has 4 fully saturated rings. The van der Waals surface area contributed by atoms with Crippen LogP contribution in [0.5, 0.6) is 28.7 Å². The monoisotopic (exact) mass is 746 g/mol. The summed E-state index contributed by atoms with van der Waals surface area (Å²) in [5, 5.41) is 22.2.